The van der Waals surface area contributed by atoms with Gasteiger partial charge in [-0.2, -0.15) is 0 Å². The molecule has 0 amide bonds. The number of para-hydroxylation sites is 1. The van der Waals surface area contributed by atoms with Gasteiger partial charge in [-0.1, -0.05) is 172 Å². The summed E-state index contributed by atoms with van der Waals surface area (Å²) in [6, 6.07) is 53.3. The van der Waals surface area contributed by atoms with E-state index in [2.05, 4.69) is 128 Å². The molecule has 9 rings (SSSR count). The van der Waals surface area contributed by atoms with Crippen molar-refractivity contribution in [3.8, 4) is 78.6 Å². The zero-order valence-electron chi connectivity index (χ0n) is 44.5. The van der Waals surface area contributed by atoms with Gasteiger partial charge < -0.3 is 5.11 Å². The average Bonchev–Trinajstić information content (AvgIpc) is 3.72. The van der Waals surface area contributed by atoms with Crippen LogP contribution >= 0.6 is 0 Å². The quantitative estimate of drug-likeness (QED) is 0.157. The van der Waals surface area contributed by atoms with Crippen molar-refractivity contribution in [3.05, 3.63) is 192 Å². The summed E-state index contributed by atoms with van der Waals surface area (Å²) in [6.45, 7) is 18.2. The first-order chi connectivity index (χ1) is 33.5. The van der Waals surface area contributed by atoms with Crippen LogP contribution in [0.4, 0.5) is 0 Å². The van der Waals surface area contributed by atoms with Crippen molar-refractivity contribution in [1.29, 1.82) is 0 Å². The fourth-order valence-corrected chi connectivity index (χ4v) is 9.04. The highest BCUT2D eigenvalue weighted by atomic mass is 16.3. The Kier molecular flexibility index (Phi) is 10.6. The van der Waals surface area contributed by atoms with Crippen molar-refractivity contribution in [2.45, 2.75) is 98.7 Å². The molecule has 4 heteroatoms. The van der Waals surface area contributed by atoms with Gasteiger partial charge in [0.2, 0.25) is 0 Å². The van der Waals surface area contributed by atoms with Gasteiger partial charge >= 0.3 is 0 Å². The van der Waals surface area contributed by atoms with Crippen LogP contribution in [0.3, 0.4) is 0 Å². The van der Waals surface area contributed by atoms with E-state index in [0.29, 0.717) is 28.1 Å². The van der Waals surface area contributed by atoms with Crippen LogP contribution in [0.5, 0.6) is 5.75 Å². The minimum atomic E-state index is -2.56. The molecule has 0 saturated carbocycles. The first kappa shape index (κ1) is 40.3. The van der Waals surface area contributed by atoms with E-state index in [1.54, 1.807) is 6.07 Å². The minimum absolute atomic E-state index is 0.101. The smallest absolute Gasteiger partial charge is 0.149 e. The number of imidazole rings is 1. The predicted molar refractivity (Wildman–Crippen MR) is 283 cm³/mol. The number of pyridine rings is 1. The molecular formula is C63H63N3O. The third-order valence-electron chi connectivity index (χ3n) is 13.0. The lowest BCUT2D eigenvalue weighted by Gasteiger charge is -2.27. The van der Waals surface area contributed by atoms with Gasteiger partial charge in [0.25, 0.3) is 0 Å². The number of aryl methyl sites for hydroxylation is 1. The second-order valence-corrected chi connectivity index (χ2v) is 20.6. The number of aromatic nitrogens is 3. The molecule has 1 N–H and O–H groups in total. The van der Waals surface area contributed by atoms with Gasteiger partial charge in [0, 0.05) is 28.4 Å². The van der Waals surface area contributed by atoms with E-state index >= 15 is 0 Å². The largest absolute Gasteiger partial charge is 0.507 e. The summed E-state index contributed by atoms with van der Waals surface area (Å²) in [5.41, 5.74) is 14.7. The Morgan fingerprint density at radius 2 is 1.19 bits per heavy atom. The van der Waals surface area contributed by atoms with Crippen molar-refractivity contribution in [2.24, 2.45) is 0 Å². The Bertz CT molecular complexity index is 3440. The van der Waals surface area contributed by atoms with Crippen LogP contribution in [-0.4, -0.2) is 19.6 Å². The maximum atomic E-state index is 12.6. The van der Waals surface area contributed by atoms with Gasteiger partial charge in [0.1, 0.15) is 11.6 Å². The number of fused-ring (bicyclic) bond motifs is 1. The molecule has 0 fully saturated rings. The third-order valence-corrected chi connectivity index (χ3v) is 13.0. The zero-order chi connectivity index (χ0) is 50.8. The van der Waals surface area contributed by atoms with Gasteiger partial charge in [-0.25, -0.2) is 4.98 Å². The molecule has 2 heterocycles. The fourth-order valence-electron chi connectivity index (χ4n) is 9.04. The fraction of sp³-hybridized carbons (Fsp3) is 0.238. The molecule has 0 radical (unpaired) electrons. The van der Waals surface area contributed by atoms with Crippen LogP contribution in [0, 0.1) is 6.85 Å². The standard InChI is InChI=1S/C63H63N3O/c1-39(2)46-30-47(40(3)4)32-49(31-46)44-25-26-57(41(5)29-44)66-58-24-18-23-53(59(58)65-61(66)54-37-52(62(6,7)8)38-55(60(54)67)63(9,10)11)50-33-48(43-21-16-13-17-22-43)34-51(35-50)56-36-45(27-28-64-56)42-19-14-12-15-20-42/h12-40,67H,1-11H3/i5D3,39D. The number of aromatic hydroxyl groups is 1. The van der Waals surface area contributed by atoms with Gasteiger partial charge in [-0.15, -0.1) is 0 Å². The van der Waals surface area contributed by atoms with Crippen LogP contribution in [0.1, 0.15) is 114 Å². The number of phenolic OH excluding ortho intramolecular Hbond substituents is 1. The molecule has 4 nitrogen and oxygen atoms in total. The minimum Gasteiger partial charge on any atom is -0.507 e. The molecule has 67 heavy (non-hydrogen) atoms. The Balaban J connectivity index is 1.35. The van der Waals surface area contributed by atoms with Crippen LogP contribution < -0.4 is 0 Å². The van der Waals surface area contributed by atoms with Crippen molar-refractivity contribution in [2.75, 3.05) is 0 Å². The van der Waals surface area contributed by atoms with Crippen molar-refractivity contribution in [1.82, 2.24) is 14.5 Å². The average molecular weight is 882 g/mol. The highest BCUT2D eigenvalue weighted by molar-refractivity contribution is 5.98. The number of phenols is 1. The van der Waals surface area contributed by atoms with Crippen molar-refractivity contribution < 1.29 is 10.6 Å². The summed E-state index contributed by atoms with van der Waals surface area (Å²) in [7, 11) is 0. The van der Waals surface area contributed by atoms with Gasteiger partial charge in [0.15, 0.2) is 0 Å². The van der Waals surface area contributed by atoms with E-state index in [1.165, 1.54) is 0 Å². The molecule has 0 aliphatic rings. The first-order valence-corrected chi connectivity index (χ1v) is 23.4. The molecule has 0 aliphatic carbocycles. The van der Waals surface area contributed by atoms with E-state index in [-0.39, 0.29) is 22.6 Å². The van der Waals surface area contributed by atoms with Crippen LogP contribution in [0.15, 0.2) is 164 Å². The molecule has 0 spiro atoms. The SMILES string of the molecule is [2H]C([2H])([2H])c1cc(-c2cc(C(C)C)cc(C([2H])(C)C)c2)ccc1-n1c(-c2cc(C(C)(C)C)cc(C(C)(C)C)c2O)nc2c(-c3cc(-c4ccccc4)cc(-c4cc(-c5ccccc5)ccn4)c3)cccc21. The van der Waals surface area contributed by atoms with E-state index in [0.717, 1.165) is 78.0 Å². The van der Waals surface area contributed by atoms with Gasteiger partial charge in [-0.05, 0) is 145 Å². The molecule has 0 bridgehead atoms. The maximum absolute atomic E-state index is 12.6. The molecule has 0 atom stereocenters. The lowest BCUT2D eigenvalue weighted by Crippen LogP contribution is -2.17. The Labute approximate surface area is 403 Å². The molecular weight excluding hydrogens is 815 g/mol. The lowest BCUT2D eigenvalue weighted by molar-refractivity contribution is 0.446. The van der Waals surface area contributed by atoms with E-state index in [4.69, 9.17) is 15.5 Å². The highest BCUT2D eigenvalue weighted by Gasteiger charge is 2.29. The van der Waals surface area contributed by atoms with Crippen LogP contribution in [0.2, 0.25) is 0 Å². The first-order valence-electron chi connectivity index (χ1n) is 25.4. The number of hydrogen-bond acceptors (Lipinski definition) is 3. The topological polar surface area (TPSA) is 50.9 Å². The zero-order valence-corrected chi connectivity index (χ0v) is 40.5. The Hall–Kier alpha value is -7.04. The molecule has 0 unspecified atom stereocenters. The molecule has 336 valence electrons. The highest BCUT2D eigenvalue weighted by Crippen LogP contribution is 2.45. The number of rotatable bonds is 9. The molecule has 0 saturated heterocycles. The normalized spacial score (nSPS) is 13.4. The summed E-state index contributed by atoms with van der Waals surface area (Å²) in [6.07, 6.45) is 1.86. The predicted octanol–water partition coefficient (Wildman–Crippen LogP) is 17.3. The number of nitrogens with zero attached hydrogens (tertiary/aromatic N) is 3. The van der Waals surface area contributed by atoms with Crippen LogP contribution in [-0.2, 0) is 10.8 Å². The van der Waals surface area contributed by atoms with E-state index < -0.39 is 18.2 Å². The third kappa shape index (κ3) is 8.98. The summed E-state index contributed by atoms with van der Waals surface area (Å²) in [4.78, 5) is 10.5. The number of benzene rings is 7. The molecule has 0 aliphatic heterocycles. The van der Waals surface area contributed by atoms with Gasteiger partial charge in [0.05, 0.1) is 28.0 Å². The van der Waals surface area contributed by atoms with Crippen LogP contribution in [0.25, 0.3) is 83.9 Å². The summed E-state index contributed by atoms with van der Waals surface area (Å²) in [5.74, 6) is -0.142. The molecule has 9 aromatic rings. The Morgan fingerprint density at radius 3 is 1.85 bits per heavy atom. The van der Waals surface area contributed by atoms with E-state index in [9.17, 15) is 5.11 Å². The second-order valence-electron chi connectivity index (χ2n) is 20.6. The van der Waals surface area contributed by atoms with E-state index in [1.807, 2.05) is 103 Å². The monoisotopic (exact) mass is 882 g/mol. The lowest BCUT2D eigenvalue weighted by atomic mass is 9.79. The Morgan fingerprint density at radius 1 is 0.552 bits per heavy atom. The van der Waals surface area contributed by atoms with Crippen molar-refractivity contribution in [3.63, 3.8) is 0 Å². The maximum Gasteiger partial charge on any atom is 0.149 e. The van der Waals surface area contributed by atoms with Gasteiger partial charge in [-0.3, -0.25) is 9.55 Å². The summed E-state index contributed by atoms with van der Waals surface area (Å²) in [5, 5.41) is 12.6. The summed E-state index contributed by atoms with van der Waals surface area (Å²) < 4.78 is 38.4. The van der Waals surface area contributed by atoms with Crippen molar-refractivity contribution >= 4 is 11.0 Å². The molecule has 7 aromatic carbocycles. The molecule has 2 aromatic heterocycles. The number of hydrogen-bond donors (Lipinski definition) is 1. The summed E-state index contributed by atoms with van der Waals surface area (Å²) >= 11 is 0. The second kappa shape index (κ2) is 17.6.